The number of nitrogen functional groups attached to an aromatic ring is 1. The Morgan fingerprint density at radius 2 is 2.06 bits per heavy atom. The molecule has 1 unspecified atom stereocenters. The van der Waals surface area contributed by atoms with E-state index < -0.39 is 6.10 Å². The molecule has 100 valence electrons. The van der Waals surface area contributed by atoms with Crippen molar-refractivity contribution in [3.8, 4) is 5.75 Å². The third-order valence-corrected chi connectivity index (χ3v) is 2.64. The van der Waals surface area contributed by atoms with Crippen LogP contribution in [0.4, 0.5) is 5.69 Å². The van der Waals surface area contributed by atoms with E-state index in [-0.39, 0.29) is 11.4 Å². The number of halogens is 1. The highest BCUT2D eigenvalue weighted by Gasteiger charge is 2.21. The summed E-state index contributed by atoms with van der Waals surface area (Å²) in [5, 5.41) is 2.86. The first kappa shape index (κ1) is 14.8. The van der Waals surface area contributed by atoms with Crippen LogP contribution in [0.1, 0.15) is 27.7 Å². The highest BCUT2D eigenvalue weighted by Crippen LogP contribution is 2.26. The standard InChI is InChI=1S/C13H19BrN2O2/c1-8(12(17)16-13(2,3)4)18-11-6-5-9(14)7-10(11)15/h5-8H,15H2,1-4H3,(H,16,17). The molecule has 0 bridgehead atoms. The predicted octanol–water partition coefficient (Wildman–Crippen LogP) is 2.71. The summed E-state index contributed by atoms with van der Waals surface area (Å²) in [4.78, 5) is 11.9. The van der Waals surface area contributed by atoms with Crippen LogP contribution in [0.2, 0.25) is 0 Å². The van der Waals surface area contributed by atoms with Gasteiger partial charge < -0.3 is 15.8 Å². The predicted molar refractivity (Wildman–Crippen MR) is 76.5 cm³/mol. The fraction of sp³-hybridized carbons (Fsp3) is 0.462. The van der Waals surface area contributed by atoms with E-state index in [9.17, 15) is 4.79 Å². The number of anilines is 1. The molecule has 0 aliphatic carbocycles. The molecule has 0 aromatic heterocycles. The lowest BCUT2D eigenvalue weighted by Crippen LogP contribution is -2.46. The molecule has 0 saturated carbocycles. The number of ether oxygens (including phenoxy) is 1. The lowest BCUT2D eigenvalue weighted by molar-refractivity contribution is -0.128. The maximum atomic E-state index is 11.9. The Morgan fingerprint density at radius 3 is 2.56 bits per heavy atom. The summed E-state index contributed by atoms with van der Waals surface area (Å²) in [6.07, 6.45) is -0.590. The lowest BCUT2D eigenvalue weighted by Gasteiger charge is -2.24. The van der Waals surface area contributed by atoms with Crippen molar-refractivity contribution in [2.24, 2.45) is 0 Å². The topological polar surface area (TPSA) is 64.3 Å². The van der Waals surface area contributed by atoms with E-state index >= 15 is 0 Å². The van der Waals surface area contributed by atoms with E-state index in [1.807, 2.05) is 26.8 Å². The summed E-state index contributed by atoms with van der Waals surface area (Å²) in [6.45, 7) is 7.46. The van der Waals surface area contributed by atoms with Crippen LogP contribution >= 0.6 is 15.9 Å². The SMILES string of the molecule is CC(Oc1ccc(Br)cc1N)C(=O)NC(C)(C)C. The van der Waals surface area contributed by atoms with Gasteiger partial charge in [0.2, 0.25) is 0 Å². The number of benzene rings is 1. The first-order chi connectivity index (χ1) is 8.19. The molecule has 1 atom stereocenters. The molecule has 0 aliphatic rings. The van der Waals surface area contributed by atoms with E-state index in [0.29, 0.717) is 11.4 Å². The molecule has 0 heterocycles. The van der Waals surface area contributed by atoms with Gasteiger partial charge in [-0.1, -0.05) is 15.9 Å². The molecule has 3 N–H and O–H groups in total. The first-order valence-corrected chi connectivity index (χ1v) is 6.52. The van der Waals surface area contributed by atoms with Crippen LogP contribution in [0.5, 0.6) is 5.75 Å². The second-order valence-electron chi connectivity index (χ2n) is 5.18. The van der Waals surface area contributed by atoms with Gasteiger partial charge in [-0.05, 0) is 45.9 Å². The van der Waals surface area contributed by atoms with Crippen LogP contribution < -0.4 is 15.8 Å². The number of carbonyl (C=O) groups excluding carboxylic acids is 1. The van der Waals surface area contributed by atoms with E-state index in [0.717, 1.165) is 4.47 Å². The molecule has 5 heteroatoms. The Hall–Kier alpha value is -1.23. The van der Waals surface area contributed by atoms with Gasteiger partial charge in [0, 0.05) is 10.0 Å². The molecule has 1 rings (SSSR count). The van der Waals surface area contributed by atoms with Gasteiger partial charge in [-0.25, -0.2) is 0 Å². The van der Waals surface area contributed by atoms with Gasteiger partial charge in [-0.15, -0.1) is 0 Å². The third kappa shape index (κ3) is 4.56. The molecule has 1 aromatic rings. The number of nitrogens with one attached hydrogen (secondary N) is 1. The van der Waals surface area contributed by atoms with Gasteiger partial charge in [0.05, 0.1) is 5.69 Å². The Kier molecular flexibility index (Phi) is 4.62. The van der Waals surface area contributed by atoms with Crippen LogP contribution in [0.3, 0.4) is 0 Å². The zero-order valence-corrected chi connectivity index (χ0v) is 12.7. The average molecular weight is 315 g/mol. The third-order valence-electron chi connectivity index (χ3n) is 2.14. The van der Waals surface area contributed by atoms with Crippen LogP contribution in [0.25, 0.3) is 0 Å². The van der Waals surface area contributed by atoms with Crippen molar-refractivity contribution in [1.29, 1.82) is 0 Å². The van der Waals surface area contributed by atoms with Gasteiger partial charge in [0.25, 0.3) is 5.91 Å². The Morgan fingerprint density at radius 1 is 1.44 bits per heavy atom. The highest BCUT2D eigenvalue weighted by molar-refractivity contribution is 9.10. The quantitative estimate of drug-likeness (QED) is 0.843. The highest BCUT2D eigenvalue weighted by atomic mass is 79.9. The molecule has 0 aliphatic heterocycles. The second-order valence-corrected chi connectivity index (χ2v) is 6.10. The van der Waals surface area contributed by atoms with Crippen molar-refractivity contribution < 1.29 is 9.53 Å². The monoisotopic (exact) mass is 314 g/mol. The molecule has 0 saturated heterocycles. The van der Waals surface area contributed by atoms with Crippen molar-refractivity contribution in [3.63, 3.8) is 0 Å². The van der Waals surface area contributed by atoms with Crippen molar-refractivity contribution >= 4 is 27.5 Å². The number of carbonyl (C=O) groups is 1. The largest absolute Gasteiger partial charge is 0.479 e. The van der Waals surface area contributed by atoms with Crippen molar-refractivity contribution in [2.45, 2.75) is 39.3 Å². The number of nitrogens with two attached hydrogens (primary N) is 1. The fourth-order valence-corrected chi connectivity index (χ4v) is 1.72. The van der Waals surface area contributed by atoms with Crippen LogP contribution in [-0.2, 0) is 4.79 Å². The van der Waals surface area contributed by atoms with E-state index in [1.54, 1.807) is 19.1 Å². The number of amides is 1. The molecular weight excluding hydrogens is 296 g/mol. The summed E-state index contributed by atoms with van der Waals surface area (Å²) in [6, 6.07) is 5.30. The van der Waals surface area contributed by atoms with Crippen molar-refractivity contribution in [3.05, 3.63) is 22.7 Å². The minimum atomic E-state index is -0.590. The fourth-order valence-electron chi connectivity index (χ4n) is 1.34. The molecule has 1 amide bonds. The zero-order chi connectivity index (χ0) is 13.9. The molecule has 4 nitrogen and oxygen atoms in total. The average Bonchev–Trinajstić information content (AvgIpc) is 2.19. The van der Waals surface area contributed by atoms with Gasteiger partial charge in [0.15, 0.2) is 6.10 Å². The number of rotatable bonds is 3. The first-order valence-electron chi connectivity index (χ1n) is 5.73. The molecule has 0 radical (unpaired) electrons. The van der Waals surface area contributed by atoms with Crippen molar-refractivity contribution in [1.82, 2.24) is 5.32 Å². The van der Waals surface area contributed by atoms with Crippen LogP contribution in [0, 0.1) is 0 Å². The Bertz CT molecular complexity index is 441. The maximum absolute atomic E-state index is 11.9. The molecule has 18 heavy (non-hydrogen) atoms. The van der Waals surface area contributed by atoms with Crippen LogP contribution in [0.15, 0.2) is 22.7 Å². The molecule has 0 fully saturated rings. The Balaban J connectivity index is 2.69. The maximum Gasteiger partial charge on any atom is 0.261 e. The van der Waals surface area contributed by atoms with E-state index in [4.69, 9.17) is 10.5 Å². The zero-order valence-electron chi connectivity index (χ0n) is 11.1. The smallest absolute Gasteiger partial charge is 0.261 e. The summed E-state index contributed by atoms with van der Waals surface area (Å²) in [7, 11) is 0. The van der Waals surface area contributed by atoms with Crippen molar-refractivity contribution in [2.75, 3.05) is 5.73 Å². The number of hydrogen-bond acceptors (Lipinski definition) is 3. The molecule has 1 aromatic carbocycles. The van der Waals surface area contributed by atoms with E-state index in [1.165, 1.54) is 0 Å². The summed E-state index contributed by atoms with van der Waals surface area (Å²) in [5.41, 5.74) is 6.03. The molecular formula is C13H19BrN2O2. The van der Waals surface area contributed by atoms with Gasteiger partial charge in [-0.2, -0.15) is 0 Å². The minimum absolute atomic E-state index is 0.162. The lowest BCUT2D eigenvalue weighted by atomic mass is 10.1. The van der Waals surface area contributed by atoms with E-state index in [2.05, 4.69) is 21.2 Å². The minimum Gasteiger partial charge on any atom is -0.479 e. The van der Waals surface area contributed by atoms with Gasteiger partial charge in [-0.3, -0.25) is 4.79 Å². The summed E-state index contributed by atoms with van der Waals surface area (Å²) in [5.74, 6) is 0.347. The van der Waals surface area contributed by atoms with Gasteiger partial charge in [0.1, 0.15) is 5.75 Å². The Labute approximate surface area is 116 Å². The summed E-state index contributed by atoms with van der Waals surface area (Å²) >= 11 is 3.32. The second kappa shape index (κ2) is 5.61. The number of hydrogen-bond donors (Lipinski definition) is 2. The normalized spacial score (nSPS) is 12.9. The van der Waals surface area contributed by atoms with Crippen LogP contribution in [-0.4, -0.2) is 17.6 Å². The summed E-state index contributed by atoms with van der Waals surface area (Å²) < 4.78 is 6.42. The molecule has 0 spiro atoms. The van der Waals surface area contributed by atoms with Gasteiger partial charge >= 0.3 is 0 Å².